The summed E-state index contributed by atoms with van der Waals surface area (Å²) in [4.78, 5) is 6.54. The molecule has 0 amide bonds. The highest BCUT2D eigenvalue weighted by molar-refractivity contribution is 7.99. The predicted molar refractivity (Wildman–Crippen MR) is 60.3 cm³/mol. The highest BCUT2D eigenvalue weighted by atomic mass is 32.2. The van der Waals surface area contributed by atoms with Gasteiger partial charge in [0.1, 0.15) is 0 Å². The fraction of sp³-hybridized carbons (Fsp3) is 0.889. The summed E-state index contributed by atoms with van der Waals surface area (Å²) in [6.45, 7) is 6.22. The Balaban J connectivity index is 2.47. The number of hydrogen-bond acceptors (Lipinski definition) is 2. The van der Waals surface area contributed by atoms with Crippen molar-refractivity contribution < 1.29 is 0 Å². The van der Waals surface area contributed by atoms with Gasteiger partial charge in [-0.25, -0.2) is 0 Å². The summed E-state index contributed by atoms with van der Waals surface area (Å²) in [6.07, 6.45) is 1.07. The number of thioether (sulfide) groups is 1. The van der Waals surface area contributed by atoms with Gasteiger partial charge in [-0.15, -0.1) is 0 Å². The summed E-state index contributed by atoms with van der Waals surface area (Å²) in [5.74, 6) is 3.07. The quantitative estimate of drug-likeness (QED) is 0.538. The summed E-state index contributed by atoms with van der Waals surface area (Å²) in [5, 5.41) is 0. The van der Waals surface area contributed by atoms with Gasteiger partial charge in [0.25, 0.3) is 0 Å². The number of guanidine groups is 1. The molecule has 0 bridgehead atoms. The van der Waals surface area contributed by atoms with Crippen LogP contribution in [0.4, 0.5) is 0 Å². The van der Waals surface area contributed by atoms with Crippen LogP contribution in [0, 0.1) is 0 Å². The lowest BCUT2D eigenvalue weighted by molar-refractivity contribution is 0.360. The molecule has 0 spiro atoms. The topological polar surface area (TPSA) is 41.6 Å². The van der Waals surface area contributed by atoms with E-state index in [1.165, 1.54) is 11.5 Å². The largest absolute Gasteiger partial charge is 0.370 e. The van der Waals surface area contributed by atoms with Crippen molar-refractivity contribution in [2.45, 2.75) is 26.3 Å². The maximum atomic E-state index is 5.89. The SMILES string of the molecule is CCCN=C(N)N1CCSCC1C. The average Bonchev–Trinajstić information content (AvgIpc) is 2.15. The van der Waals surface area contributed by atoms with Crippen molar-refractivity contribution in [1.82, 2.24) is 4.90 Å². The molecule has 13 heavy (non-hydrogen) atoms. The van der Waals surface area contributed by atoms with Gasteiger partial charge in [-0.05, 0) is 13.3 Å². The molecule has 0 saturated carbocycles. The maximum absolute atomic E-state index is 5.89. The van der Waals surface area contributed by atoms with Gasteiger partial charge in [0.05, 0.1) is 0 Å². The van der Waals surface area contributed by atoms with E-state index in [4.69, 9.17) is 5.73 Å². The lowest BCUT2D eigenvalue weighted by atomic mass is 10.3. The van der Waals surface area contributed by atoms with E-state index in [-0.39, 0.29) is 0 Å². The van der Waals surface area contributed by atoms with E-state index >= 15 is 0 Å². The zero-order valence-corrected chi connectivity index (χ0v) is 9.31. The number of aliphatic imine (C=N–C) groups is 1. The van der Waals surface area contributed by atoms with Crippen LogP contribution in [0.1, 0.15) is 20.3 Å². The number of nitrogens with zero attached hydrogens (tertiary/aromatic N) is 2. The Kier molecular flexibility index (Phi) is 4.42. The molecule has 1 aliphatic heterocycles. The normalized spacial score (nSPS) is 24.9. The Labute approximate surface area is 84.8 Å². The van der Waals surface area contributed by atoms with Crippen LogP contribution in [0.2, 0.25) is 0 Å². The Morgan fingerprint density at radius 1 is 1.69 bits per heavy atom. The van der Waals surface area contributed by atoms with Crippen LogP contribution < -0.4 is 5.73 Å². The van der Waals surface area contributed by atoms with Crippen LogP contribution in [-0.2, 0) is 0 Å². The molecule has 0 aromatic rings. The molecule has 1 heterocycles. The van der Waals surface area contributed by atoms with E-state index in [1.54, 1.807) is 0 Å². The first-order valence-corrected chi connectivity index (χ1v) is 6.05. The first-order chi connectivity index (χ1) is 6.25. The molecule has 2 N–H and O–H groups in total. The van der Waals surface area contributed by atoms with E-state index in [1.807, 2.05) is 11.8 Å². The lowest BCUT2D eigenvalue weighted by Crippen LogP contribution is -2.48. The smallest absolute Gasteiger partial charge is 0.191 e. The van der Waals surface area contributed by atoms with Gasteiger partial charge in [0.15, 0.2) is 5.96 Å². The summed E-state index contributed by atoms with van der Waals surface area (Å²) >= 11 is 2.00. The van der Waals surface area contributed by atoms with E-state index < -0.39 is 0 Å². The van der Waals surface area contributed by atoms with Gasteiger partial charge in [-0.3, -0.25) is 4.99 Å². The van der Waals surface area contributed by atoms with Crippen molar-refractivity contribution >= 4 is 17.7 Å². The van der Waals surface area contributed by atoms with Gasteiger partial charge in [-0.2, -0.15) is 11.8 Å². The second kappa shape index (κ2) is 5.37. The van der Waals surface area contributed by atoms with Crippen LogP contribution in [-0.4, -0.2) is 41.5 Å². The molecule has 1 unspecified atom stereocenters. The number of rotatable bonds is 2. The third-order valence-electron chi connectivity index (χ3n) is 2.16. The standard InChI is InChI=1S/C9H19N3S/c1-3-4-11-9(10)12-5-6-13-7-8(12)2/h8H,3-7H2,1-2H3,(H2,10,11). The minimum absolute atomic E-state index is 0.541. The first-order valence-electron chi connectivity index (χ1n) is 4.90. The zero-order chi connectivity index (χ0) is 9.68. The van der Waals surface area contributed by atoms with Crippen LogP contribution >= 0.6 is 11.8 Å². The summed E-state index contributed by atoms with van der Waals surface area (Å²) in [5.41, 5.74) is 5.89. The van der Waals surface area contributed by atoms with E-state index in [0.717, 1.165) is 25.5 Å². The minimum Gasteiger partial charge on any atom is -0.370 e. The van der Waals surface area contributed by atoms with Gasteiger partial charge in [0, 0.05) is 30.6 Å². The fourth-order valence-electron chi connectivity index (χ4n) is 1.38. The number of hydrogen-bond donors (Lipinski definition) is 1. The number of nitrogens with two attached hydrogens (primary N) is 1. The molecular formula is C9H19N3S. The molecule has 0 aromatic carbocycles. The van der Waals surface area contributed by atoms with Crippen molar-refractivity contribution in [3.8, 4) is 0 Å². The predicted octanol–water partition coefficient (Wildman–Crippen LogP) is 1.15. The van der Waals surface area contributed by atoms with Crippen LogP contribution in [0.3, 0.4) is 0 Å². The van der Waals surface area contributed by atoms with Gasteiger partial charge < -0.3 is 10.6 Å². The molecule has 1 saturated heterocycles. The summed E-state index contributed by atoms with van der Waals surface area (Å²) in [7, 11) is 0. The van der Waals surface area contributed by atoms with Gasteiger partial charge in [-0.1, -0.05) is 6.92 Å². The molecule has 0 aliphatic carbocycles. The van der Waals surface area contributed by atoms with Gasteiger partial charge in [0.2, 0.25) is 0 Å². The lowest BCUT2D eigenvalue weighted by Gasteiger charge is -2.33. The zero-order valence-electron chi connectivity index (χ0n) is 8.49. The monoisotopic (exact) mass is 201 g/mol. The average molecular weight is 201 g/mol. The molecule has 4 heteroatoms. The highest BCUT2D eigenvalue weighted by Gasteiger charge is 2.19. The Hall–Kier alpha value is -0.380. The second-order valence-electron chi connectivity index (χ2n) is 3.36. The van der Waals surface area contributed by atoms with Crippen molar-refractivity contribution in [2.24, 2.45) is 10.7 Å². The molecule has 0 radical (unpaired) electrons. The molecule has 0 aromatic heterocycles. The van der Waals surface area contributed by atoms with Gasteiger partial charge >= 0.3 is 0 Å². The molecule has 1 rings (SSSR count). The third-order valence-corrected chi connectivity index (χ3v) is 3.35. The molecule has 1 aliphatic rings. The van der Waals surface area contributed by atoms with Crippen molar-refractivity contribution in [3.63, 3.8) is 0 Å². The fourth-order valence-corrected chi connectivity index (χ4v) is 2.40. The van der Waals surface area contributed by atoms with Crippen molar-refractivity contribution in [1.29, 1.82) is 0 Å². The van der Waals surface area contributed by atoms with E-state index in [2.05, 4.69) is 23.7 Å². The second-order valence-corrected chi connectivity index (χ2v) is 4.51. The van der Waals surface area contributed by atoms with Crippen molar-refractivity contribution in [2.75, 3.05) is 24.6 Å². The molecule has 76 valence electrons. The summed E-state index contributed by atoms with van der Waals surface area (Å²) < 4.78 is 0. The summed E-state index contributed by atoms with van der Waals surface area (Å²) in [6, 6.07) is 0.541. The first kappa shape index (κ1) is 10.7. The van der Waals surface area contributed by atoms with Crippen LogP contribution in [0.25, 0.3) is 0 Å². The molecule has 3 nitrogen and oxygen atoms in total. The molecular weight excluding hydrogens is 182 g/mol. The minimum atomic E-state index is 0.541. The molecule has 1 atom stereocenters. The molecule has 1 fully saturated rings. The maximum Gasteiger partial charge on any atom is 0.191 e. The third kappa shape index (κ3) is 3.10. The van der Waals surface area contributed by atoms with E-state index in [9.17, 15) is 0 Å². The highest BCUT2D eigenvalue weighted by Crippen LogP contribution is 2.15. The van der Waals surface area contributed by atoms with Crippen molar-refractivity contribution in [3.05, 3.63) is 0 Å². The Bertz CT molecular complexity index is 182. The Morgan fingerprint density at radius 3 is 3.08 bits per heavy atom. The van der Waals surface area contributed by atoms with Crippen LogP contribution in [0.5, 0.6) is 0 Å². The Morgan fingerprint density at radius 2 is 2.46 bits per heavy atom. The van der Waals surface area contributed by atoms with Crippen LogP contribution in [0.15, 0.2) is 4.99 Å². The van der Waals surface area contributed by atoms with E-state index in [0.29, 0.717) is 6.04 Å².